The van der Waals surface area contributed by atoms with Gasteiger partial charge in [0.2, 0.25) is 0 Å². The third-order valence-electron chi connectivity index (χ3n) is 4.42. The first-order valence-electron chi connectivity index (χ1n) is 7.33. The van der Waals surface area contributed by atoms with Crippen LogP contribution in [0.2, 0.25) is 0 Å². The lowest BCUT2D eigenvalue weighted by molar-refractivity contribution is -0.00872. The fourth-order valence-electron chi connectivity index (χ4n) is 3.50. The molecule has 1 aliphatic heterocycles. The Hall–Kier alpha value is -0.730. The number of hydrogen-bond donors (Lipinski definition) is 0. The van der Waals surface area contributed by atoms with Crippen LogP contribution in [0.25, 0.3) is 0 Å². The molecule has 0 amide bonds. The van der Waals surface area contributed by atoms with E-state index in [0.29, 0.717) is 18.0 Å². The maximum Gasteiger partial charge on any atom is 0.0779 e. The van der Waals surface area contributed by atoms with Crippen LogP contribution in [0.5, 0.6) is 0 Å². The molecule has 3 heteroatoms. The van der Waals surface area contributed by atoms with Gasteiger partial charge in [0.25, 0.3) is 0 Å². The Morgan fingerprint density at radius 2 is 2.16 bits per heavy atom. The SMILES string of the molecule is Cc1ccc(N2CCOC3CCCCC32)c(CCl)c1. The Morgan fingerprint density at radius 3 is 3.00 bits per heavy atom. The number of nitrogens with zero attached hydrogens (tertiary/aromatic N) is 1. The van der Waals surface area contributed by atoms with E-state index in [1.165, 1.54) is 42.5 Å². The molecule has 2 fully saturated rings. The summed E-state index contributed by atoms with van der Waals surface area (Å²) in [5.41, 5.74) is 3.86. The van der Waals surface area contributed by atoms with Crippen molar-refractivity contribution in [3.05, 3.63) is 29.3 Å². The summed E-state index contributed by atoms with van der Waals surface area (Å²) in [5, 5.41) is 0. The number of halogens is 1. The van der Waals surface area contributed by atoms with Gasteiger partial charge in [-0.05, 0) is 31.4 Å². The third kappa shape index (κ3) is 2.61. The summed E-state index contributed by atoms with van der Waals surface area (Å²) in [6.45, 7) is 3.97. The highest BCUT2D eigenvalue weighted by atomic mass is 35.5. The number of morpholine rings is 1. The number of alkyl halides is 1. The van der Waals surface area contributed by atoms with Crippen LogP contribution >= 0.6 is 11.6 Å². The number of ether oxygens (including phenoxy) is 1. The minimum Gasteiger partial charge on any atom is -0.374 e. The molecule has 1 aliphatic carbocycles. The highest BCUT2D eigenvalue weighted by Gasteiger charge is 2.34. The minimum atomic E-state index is 0.423. The Balaban J connectivity index is 1.91. The van der Waals surface area contributed by atoms with Gasteiger partial charge in [-0.1, -0.05) is 30.5 Å². The summed E-state index contributed by atoms with van der Waals surface area (Å²) in [6, 6.07) is 7.20. The zero-order valence-corrected chi connectivity index (χ0v) is 12.3. The number of fused-ring (bicyclic) bond motifs is 1. The quantitative estimate of drug-likeness (QED) is 0.762. The third-order valence-corrected chi connectivity index (χ3v) is 4.71. The highest BCUT2D eigenvalue weighted by molar-refractivity contribution is 6.17. The predicted molar refractivity (Wildman–Crippen MR) is 80.1 cm³/mol. The van der Waals surface area contributed by atoms with Crippen LogP contribution in [0.15, 0.2) is 18.2 Å². The normalized spacial score (nSPS) is 27.2. The minimum absolute atomic E-state index is 0.423. The number of hydrogen-bond acceptors (Lipinski definition) is 2. The summed E-state index contributed by atoms with van der Waals surface area (Å²) in [4.78, 5) is 2.55. The number of aryl methyl sites for hydroxylation is 1. The van der Waals surface area contributed by atoms with E-state index < -0.39 is 0 Å². The summed E-state index contributed by atoms with van der Waals surface area (Å²) >= 11 is 6.14. The van der Waals surface area contributed by atoms with E-state index in [0.717, 1.165) is 13.2 Å². The molecule has 2 aliphatic rings. The lowest BCUT2D eigenvalue weighted by Gasteiger charge is -2.45. The average Bonchev–Trinajstić information content (AvgIpc) is 2.46. The van der Waals surface area contributed by atoms with Crippen LogP contribution in [0.3, 0.4) is 0 Å². The first kappa shape index (κ1) is 13.3. The van der Waals surface area contributed by atoms with Crippen molar-refractivity contribution in [3.63, 3.8) is 0 Å². The molecule has 1 aromatic carbocycles. The molecule has 2 unspecified atom stereocenters. The molecular weight excluding hydrogens is 258 g/mol. The molecule has 104 valence electrons. The van der Waals surface area contributed by atoms with E-state index in [1.807, 2.05) is 0 Å². The molecule has 1 saturated heterocycles. The van der Waals surface area contributed by atoms with Crippen molar-refractivity contribution in [3.8, 4) is 0 Å². The maximum absolute atomic E-state index is 6.14. The van der Waals surface area contributed by atoms with Crippen molar-refractivity contribution in [1.29, 1.82) is 0 Å². The van der Waals surface area contributed by atoms with Crippen LogP contribution < -0.4 is 4.90 Å². The average molecular weight is 280 g/mol. The second kappa shape index (κ2) is 5.72. The van der Waals surface area contributed by atoms with E-state index >= 15 is 0 Å². The maximum atomic E-state index is 6.14. The number of anilines is 1. The fraction of sp³-hybridized carbons (Fsp3) is 0.625. The second-order valence-corrected chi connectivity index (χ2v) is 5.99. The summed E-state index contributed by atoms with van der Waals surface area (Å²) in [6.07, 6.45) is 5.52. The fourth-order valence-corrected chi connectivity index (χ4v) is 3.71. The molecule has 0 N–H and O–H groups in total. The Kier molecular flexibility index (Phi) is 3.99. The molecular formula is C16H22ClNO. The monoisotopic (exact) mass is 279 g/mol. The second-order valence-electron chi connectivity index (χ2n) is 5.72. The standard InChI is InChI=1S/C16H22ClNO/c1-12-6-7-14(13(10-12)11-17)18-8-9-19-16-5-3-2-4-15(16)18/h6-7,10,15-16H,2-5,8-9,11H2,1H3. The van der Waals surface area contributed by atoms with Crippen molar-refractivity contribution >= 4 is 17.3 Å². The molecule has 0 aromatic heterocycles. The lowest BCUT2D eigenvalue weighted by atomic mass is 9.89. The smallest absolute Gasteiger partial charge is 0.0779 e. The highest BCUT2D eigenvalue weighted by Crippen LogP contribution is 2.34. The molecule has 1 aromatic rings. The number of benzene rings is 1. The lowest BCUT2D eigenvalue weighted by Crippen LogP contribution is -2.53. The van der Waals surface area contributed by atoms with Gasteiger partial charge in [0.15, 0.2) is 0 Å². The molecule has 0 bridgehead atoms. The van der Waals surface area contributed by atoms with Gasteiger partial charge < -0.3 is 9.64 Å². The van der Waals surface area contributed by atoms with Crippen LogP contribution in [-0.4, -0.2) is 25.3 Å². The molecule has 1 saturated carbocycles. The summed E-state index contributed by atoms with van der Waals surface area (Å²) < 4.78 is 5.96. The molecule has 0 spiro atoms. The molecule has 3 rings (SSSR count). The van der Waals surface area contributed by atoms with Gasteiger partial charge in [-0.15, -0.1) is 11.6 Å². The van der Waals surface area contributed by atoms with Gasteiger partial charge in [-0.25, -0.2) is 0 Å². The van der Waals surface area contributed by atoms with Crippen LogP contribution in [0.4, 0.5) is 5.69 Å². The zero-order valence-electron chi connectivity index (χ0n) is 11.6. The summed E-state index contributed by atoms with van der Waals surface area (Å²) in [5.74, 6) is 0.589. The van der Waals surface area contributed by atoms with E-state index in [2.05, 4.69) is 30.0 Å². The van der Waals surface area contributed by atoms with E-state index in [4.69, 9.17) is 16.3 Å². The first-order chi connectivity index (χ1) is 9.29. The van der Waals surface area contributed by atoms with Gasteiger partial charge in [-0.3, -0.25) is 0 Å². The van der Waals surface area contributed by atoms with E-state index in [9.17, 15) is 0 Å². The molecule has 1 heterocycles. The molecule has 19 heavy (non-hydrogen) atoms. The van der Waals surface area contributed by atoms with Gasteiger partial charge in [0.05, 0.1) is 18.8 Å². The van der Waals surface area contributed by atoms with Crippen molar-refractivity contribution in [2.75, 3.05) is 18.1 Å². The first-order valence-corrected chi connectivity index (χ1v) is 7.87. The topological polar surface area (TPSA) is 12.5 Å². The van der Waals surface area contributed by atoms with Gasteiger partial charge >= 0.3 is 0 Å². The largest absolute Gasteiger partial charge is 0.374 e. The van der Waals surface area contributed by atoms with Gasteiger partial charge in [0.1, 0.15) is 0 Å². The zero-order chi connectivity index (χ0) is 13.2. The Bertz CT molecular complexity index is 446. The van der Waals surface area contributed by atoms with Crippen molar-refractivity contribution < 1.29 is 4.74 Å². The predicted octanol–water partition coefficient (Wildman–Crippen LogP) is 3.88. The van der Waals surface area contributed by atoms with Crippen molar-refractivity contribution in [2.45, 2.75) is 50.6 Å². The molecule has 0 radical (unpaired) electrons. The summed E-state index contributed by atoms with van der Waals surface area (Å²) in [7, 11) is 0. The van der Waals surface area contributed by atoms with Gasteiger partial charge in [-0.2, -0.15) is 0 Å². The van der Waals surface area contributed by atoms with E-state index in [-0.39, 0.29) is 0 Å². The van der Waals surface area contributed by atoms with Gasteiger partial charge in [0, 0.05) is 18.1 Å². The molecule has 2 atom stereocenters. The number of rotatable bonds is 2. The Morgan fingerprint density at radius 1 is 1.32 bits per heavy atom. The van der Waals surface area contributed by atoms with E-state index in [1.54, 1.807) is 0 Å². The van der Waals surface area contributed by atoms with Crippen LogP contribution in [0, 0.1) is 6.92 Å². The molecule has 2 nitrogen and oxygen atoms in total. The van der Waals surface area contributed by atoms with Crippen molar-refractivity contribution in [2.24, 2.45) is 0 Å². The Labute approximate surface area is 120 Å². The van der Waals surface area contributed by atoms with Crippen LogP contribution in [0.1, 0.15) is 36.8 Å². The van der Waals surface area contributed by atoms with Crippen LogP contribution in [-0.2, 0) is 10.6 Å². The van der Waals surface area contributed by atoms with Crippen molar-refractivity contribution in [1.82, 2.24) is 0 Å².